The number of imide groups is 1. The summed E-state index contributed by atoms with van der Waals surface area (Å²) in [4.78, 5) is 54.1. The fourth-order valence-electron chi connectivity index (χ4n) is 6.76. The highest BCUT2D eigenvalue weighted by Crippen LogP contribution is 2.56. The van der Waals surface area contributed by atoms with Crippen molar-refractivity contribution in [1.82, 2.24) is 0 Å². The zero-order valence-electron chi connectivity index (χ0n) is 22.1. The lowest BCUT2D eigenvalue weighted by Crippen LogP contribution is -2.42. The molecule has 4 atom stereocenters. The topological polar surface area (TPSA) is 125 Å². The van der Waals surface area contributed by atoms with E-state index in [1.165, 1.54) is 12.1 Å². The summed E-state index contributed by atoms with van der Waals surface area (Å²) in [6.45, 7) is 0.0570. The minimum Gasteiger partial charge on any atom is -0.454 e. The monoisotopic (exact) mass is 594 g/mol. The van der Waals surface area contributed by atoms with Crippen LogP contribution in [0.3, 0.4) is 0 Å². The van der Waals surface area contributed by atoms with E-state index in [4.69, 9.17) is 25.8 Å². The molecule has 212 valence electrons. The molecular formula is C32H19ClN2O8. The van der Waals surface area contributed by atoms with Gasteiger partial charge in [0.15, 0.2) is 11.5 Å². The minimum atomic E-state index is -1.15. The number of allylic oxidation sites excluding steroid dienone is 1. The highest BCUT2D eigenvalue weighted by atomic mass is 35.5. The number of nitrogens with zero attached hydrogens (tertiary/aromatic N) is 2. The van der Waals surface area contributed by atoms with Crippen LogP contribution in [0.1, 0.15) is 17.0 Å². The summed E-state index contributed by atoms with van der Waals surface area (Å²) in [5, 5.41) is 13.2. The number of halogens is 1. The van der Waals surface area contributed by atoms with Crippen LogP contribution < -0.4 is 19.1 Å². The maximum absolute atomic E-state index is 14.3. The third-order valence-electron chi connectivity index (χ3n) is 8.65. The van der Waals surface area contributed by atoms with Crippen molar-refractivity contribution in [2.24, 2.45) is 17.8 Å². The van der Waals surface area contributed by atoms with Gasteiger partial charge in [-0.3, -0.25) is 24.5 Å². The first kappa shape index (κ1) is 25.5. The Kier molecular flexibility index (Phi) is 5.42. The van der Waals surface area contributed by atoms with Crippen molar-refractivity contribution in [3.8, 4) is 17.2 Å². The molecule has 0 unspecified atom stereocenters. The zero-order valence-corrected chi connectivity index (χ0v) is 22.8. The fourth-order valence-corrected chi connectivity index (χ4v) is 6.96. The van der Waals surface area contributed by atoms with E-state index in [1.54, 1.807) is 18.2 Å². The van der Waals surface area contributed by atoms with Gasteiger partial charge in [0, 0.05) is 29.0 Å². The van der Waals surface area contributed by atoms with Crippen LogP contribution in [0.15, 0.2) is 78.9 Å². The smallest absolute Gasteiger partial charge is 0.319 e. The number of carbonyl (C=O) groups excluding carboxylic acids is 3. The number of hydrogen-bond acceptors (Lipinski definition) is 8. The third-order valence-corrected chi connectivity index (χ3v) is 8.97. The Balaban J connectivity index is 1.34. The largest absolute Gasteiger partial charge is 0.454 e. The molecule has 0 saturated carbocycles. The van der Waals surface area contributed by atoms with Crippen LogP contribution in [0, 0.1) is 27.9 Å². The molecule has 11 heteroatoms. The Hall–Kier alpha value is -5.22. The van der Waals surface area contributed by atoms with Gasteiger partial charge in [-0.2, -0.15) is 0 Å². The maximum atomic E-state index is 14.3. The predicted molar refractivity (Wildman–Crippen MR) is 154 cm³/mol. The molecule has 0 radical (unpaired) electrons. The molecule has 10 nitrogen and oxygen atoms in total. The third kappa shape index (κ3) is 3.63. The molecule has 4 aliphatic rings. The summed E-state index contributed by atoms with van der Waals surface area (Å²) in [7, 11) is 0. The molecule has 0 N–H and O–H groups in total. The van der Waals surface area contributed by atoms with Gasteiger partial charge in [0.1, 0.15) is 5.75 Å². The number of esters is 1. The highest BCUT2D eigenvalue weighted by molar-refractivity contribution is 6.36. The van der Waals surface area contributed by atoms with E-state index in [2.05, 4.69) is 0 Å². The Morgan fingerprint density at radius 2 is 1.67 bits per heavy atom. The molecule has 0 aromatic heterocycles. The van der Waals surface area contributed by atoms with Gasteiger partial charge < -0.3 is 14.2 Å². The van der Waals surface area contributed by atoms with Crippen molar-refractivity contribution < 1.29 is 33.5 Å². The quantitative estimate of drug-likeness (QED) is 0.0979. The summed E-state index contributed by atoms with van der Waals surface area (Å²) >= 11 is 6.41. The van der Waals surface area contributed by atoms with Crippen LogP contribution in [-0.2, 0) is 14.4 Å². The second-order valence-electron chi connectivity index (χ2n) is 10.8. The van der Waals surface area contributed by atoms with Crippen molar-refractivity contribution in [2.75, 3.05) is 11.7 Å². The van der Waals surface area contributed by atoms with E-state index in [0.717, 1.165) is 21.7 Å². The average molecular weight is 595 g/mol. The van der Waals surface area contributed by atoms with Gasteiger partial charge in [-0.1, -0.05) is 60.1 Å². The number of non-ortho nitro benzene ring substituents is 1. The van der Waals surface area contributed by atoms with Crippen LogP contribution in [0.2, 0.25) is 5.02 Å². The molecule has 3 heterocycles. The van der Waals surface area contributed by atoms with E-state index >= 15 is 0 Å². The first-order valence-electron chi connectivity index (χ1n) is 13.5. The van der Waals surface area contributed by atoms with E-state index < -0.39 is 46.4 Å². The highest BCUT2D eigenvalue weighted by Gasteiger charge is 2.61. The summed E-state index contributed by atoms with van der Waals surface area (Å²) in [5.41, 5.74) is 1.47. The zero-order chi connectivity index (χ0) is 29.6. The molecule has 0 spiro atoms. The number of nitro groups is 1. The summed E-state index contributed by atoms with van der Waals surface area (Å²) in [6, 6.07) is 20.2. The summed E-state index contributed by atoms with van der Waals surface area (Å²) in [5.74, 6) is -4.41. The molecular weight excluding hydrogens is 576 g/mol. The van der Waals surface area contributed by atoms with Crippen molar-refractivity contribution in [3.05, 3.63) is 105 Å². The molecule has 1 fully saturated rings. The number of rotatable bonds is 3. The van der Waals surface area contributed by atoms with Gasteiger partial charge in [0.05, 0.1) is 33.4 Å². The Labute approximate surface area is 248 Å². The molecule has 43 heavy (non-hydrogen) atoms. The molecule has 1 aliphatic carbocycles. The van der Waals surface area contributed by atoms with Crippen molar-refractivity contribution >= 4 is 57.1 Å². The van der Waals surface area contributed by atoms with Gasteiger partial charge in [0.25, 0.3) is 5.69 Å². The van der Waals surface area contributed by atoms with Crippen LogP contribution in [0.5, 0.6) is 17.2 Å². The van der Waals surface area contributed by atoms with Gasteiger partial charge >= 0.3 is 5.97 Å². The fraction of sp³-hybridized carbons (Fsp3) is 0.156. The van der Waals surface area contributed by atoms with Gasteiger partial charge in [0.2, 0.25) is 18.6 Å². The lowest BCUT2D eigenvalue weighted by Gasteiger charge is -2.38. The average Bonchev–Trinajstić information content (AvgIpc) is 3.58. The van der Waals surface area contributed by atoms with Crippen molar-refractivity contribution in [3.63, 3.8) is 0 Å². The van der Waals surface area contributed by atoms with E-state index in [-0.39, 0.29) is 23.2 Å². The van der Waals surface area contributed by atoms with E-state index in [0.29, 0.717) is 33.9 Å². The number of hydrogen-bond donors (Lipinski definition) is 0. The molecule has 8 rings (SSSR count). The minimum absolute atomic E-state index is 0.0122. The molecule has 4 aromatic carbocycles. The molecule has 4 aromatic rings. The second kappa shape index (κ2) is 9.14. The number of nitro benzene ring substituents is 1. The van der Waals surface area contributed by atoms with E-state index in [9.17, 15) is 24.5 Å². The van der Waals surface area contributed by atoms with Crippen molar-refractivity contribution in [2.45, 2.75) is 5.92 Å². The van der Waals surface area contributed by atoms with Crippen LogP contribution in [0.4, 0.5) is 11.4 Å². The number of benzene rings is 4. The maximum Gasteiger partial charge on any atom is 0.319 e. The molecule has 2 amide bonds. The van der Waals surface area contributed by atoms with Crippen LogP contribution >= 0.6 is 11.6 Å². The second-order valence-corrected chi connectivity index (χ2v) is 11.2. The normalized spacial score (nSPS) is 23.4. The Morgan fingerprint density at radius 3 is 2.51 bits per heavy atom. The molecule has 3 aliphatic heterocycles. The van der Waals surface area contributed by atoms with Gasteiger partial charge in [-0.15, -0.1) is 0 Å². The summed E-state index contributed by atoms with van der Waals surface area (Å²) in [6.07, 6.45) is 1.86. The number of amides is 2. The molecule has 1 saturated heterocycles. The van der Waals surface area contributed by atoms with Crippen LogP contribution in [-0.4, -0.2) is 29.5 Å². The first-order chi connectivity index (χ1) is 20.8. The first-order valence-corrected chi connectivity index (χ1v) is 13.9. The standard InChI is InChI=1S/C32H19ClN2O8/c33-22-9-7-17(35(39)40)12-23(22)34-30(36)26-20(16-6-10-24-25(11-16)42-14-41-24)13-21-19-8-5-15-3-1-2-4-18(15)29(19)43-32(38)27(21)28(26)31(34)37/h1-13,20,26-28H,14H2/t20-,26+,27-,28+/m1/s1. The lowest BCUT2D eigenvalue weighted by atomic mass is 9.64. The number of ether oxygens (including phenoxy) is 3. The molecule has 0 bridgehead atoms. The Morgan fingerprint density at radius 1 is 0.884 bits per heavy atom. The summed E-state index contributed by atoms with van der Waals surface area (Å²) < 4.78 is 17.0. The van der Waals surface area contributed by atoms with Crippen molar-refractivity contribution in [1.29, 1.82) is 0 Å². The Bertz CT molecular complexity index is 1990. The van der Waals surface area contributed by atoms with Gasteiger partial charge in [-0.05, 0) is 34.7 Å². The number of anilines is 1. The lowest BCUT2D eigenvalue weighted by molar-refractivity contribution is -0.384. The van der Waals surface area contributed by atoms with Crippen LogP contribution in [0.25, 0.3) is 16.3 Å². The van der Waals surface area contributed by atoms with E-state index in [1.807, 2.05) is 42.5 Å². The SMILES string of the molecule is O=C1Oc2c(ccc3ccccc23)C2=C[C@H](c3ccc4c(c3)OCO4)[C@@H]3C(=O)N(c4cc([N+](=O)[O-])ccc4Cl)C(=O)[C@@H]3[C@H]12. The number of fused-ring (bicyclic) bond motifs is 8. The van der Waals surface area contributed by atoms with Gasteiger partial charge in [-0.25, -0.2) is 4.90 Å². The number of carbonyl (C=O) groups is 3. The predicted octanol–water partition coefficient (Wildman–Crippen LogP) is 5.65.